The fourth-order valence-corrected chi connectivity index (χ4v) is 3.58. The molecular weight excluding hydrogens is 473 g/mol. The first-order valence-corrected chi connectivity index (χ1v) is 10.4. The molecule has 1 aliphatic heterocycles. The van der Waals surface area contributed by atoms with Crippen molar-refractivity contribution in [2.24, 2.45) is 0 Å². The number of hydrogen-bond donors (Lipinski definition) is 2. The minimum absolute atomic E-state index is 0.0530. The largest absolute Gasteiger partial charge is 0.350 e. The van der Waals surface area contributed by atoms with Crippen molar-refractivity contribution in [3.63, 3.8) is 0 Å². The van der Waals surface area contributed by atoms with Gasteiger partial charge in [0.1, 0.15) is 10.7 Å². The maximum absolute atomic E-state index is 12.8. The molecule has 6 nitrogen and oxygen atoms in total. The lowest BCUT2D eigenvalue weighted by Crippen LogP contribution is -2.32. The van der Waals surface area contributed by atoms with Gasteiger partial charge in [0.25, 0.3) is 17.7 Å². The van der Waals surface area contributed by atoms with Crippen LogP contribution in [-0.2, 0) is 9.59 Å². The molecule has 0 atom stereocenters. The van der Waals surface area contributed by atoms with Gasteiger partial charge in [-0.1, -0.05) is 40.9 Å². The van der Waals surface area contributed by atoms with E-state index in [4.69, 9.17) is 34.8 Å². The molecule has 2 N–H and O–H groups in total. The number of carbonyl (C=O) groups is 3. The van der Waals surface area contributed by atoms with Crippen molar-refractivity contribution < 1.29 is 14.4 Å². The van der Waals surface area contributed by atoms with E-state index in [1.54, 1.807) is 72.8 Å². The molecule has 32 heavy (non-hydrogen) atoms. The fourth-order valence-electron chi connectivity index (χ4n) is 3.05. The summed E-state index contributed by atoms with van der Waals surface area (Å²) in [5.74, 6) is -1.55. The third-order valence-electron chi connectivity index (χ3n) is 4.61. The summed E-state index contributed by atoms with van der Waals surface area (Å²) in [7, 11) is 0. The van der Waals surface area contributed by atoms with Crippen molar-refractivity contribution in [1.29, 1.82) is 0 Å². The molecule has 0 bridgehead atoms. The van der Waals surface area contributed by atoms with Crippen LogP contribution in [0.3, 0.4) is 0 Å². The van der Waals surface area contributed by atoms with Gasteiger partial charge in [-0.2, -0.15) is 0 Å². The SMILES string of the molecule is O=C(Nc1cccc(Cl)c1)c1ccc(NC2=C(Cl)C(=O)N(c3ccc(Cl)cc3)C2=O)cc1. The lowest BCUT2D eigenvalue weighted by atomic mass is 10.2. The zero-order valence-corrected chi connectivity index (χ0v) is 18.5. The Bertz CT molecular complexity index is 1260. The molecular formula is C23H14Cl3N3O3. The molecule has 0 aliphatic carbocycles. The fraction of sp³-hybridized carbons (Fsp3) is 0. The molecule has 0 aromatic heterocycles. The Kier molecular flexibility index (Phi) is 6.19. The van der Waals surface area contributed by atoms with Gasteiger partial charge in [0.15, 0.2) is 0 Å². The van der Waals surface area contributed by atoms with Crippen molar-refractivity contribution in [2.45, 2.75) is 0 Å². The van der Waals surface area contributed by atoms with Crippen LogP contribution >= 0.6 is 34.8 Å². The molecule has 0 saturated carbocycles. The van der Waals surface area contributed by atoms with Crippen molar-refractivity contribution in [1.82, 2.24) is 0 Å². The van der Waals surface area contributed by atoms with Gasteiger partial charge >= 0.3 is 0 Å². The van der Waals surface area contributed by atoms with E-state index in [0.29, 0.717) is 32.7 Å². The van der Waals surface area contributed by atoms with Gasteiger partial charge in [0.05, 0.1) is 5.69 Å². The van der Waals surface area contributed by atoms with E-state index in [1.807, 2.05) is 0 Å². The van der Waals surface area contributed by atoms with Crippen molar-refractivity contribution in [2.75, 3.05) is 15.5 Å². The van der Waals surface area contributed by atoms with E-state index >= 15 is 0 Å². The average Bonchev–Trinajstić information content (AvgIpc) is 2.98. The van der Waals surface area contributed by atoms with Crippen molar-refractivity contribution in [3.8, 4) is 0 Å². The number of halogens is 3. The number of nitrogens with zero attached hydrogens (tertiary/aromatic N) is 1. The van der Waals surface area contributed by atoms with E-state index in [0.717, 1.165) is 4.90 Å². The van der Waals surface area contributed by atoms with Crippen LogP contribution in [0, 0.1) is 0 Å². The Morgan fingerprint density at radius 1 is 0.750 bits per heavy atom. The van der Waals surface area contributed by atoms with Gasteiger partial charge < -0.3 is 10.6 Å². The predicted molar refractivity (Wildman–Crippen MR) is 126 cm³/mol. The minimum atomic E-state index is -0.640. The molecule has 1 aliphatic rings. The van der Waals surface area contributed by atoms with Gasteiger partial charge in [-0.05, 0) is 66.7 Å². The van der Waals surface area contributed by atoms with E-state index in [1.165, 1.54) is 0 Å². The maximum atomic E-state index is 12.8. The molecule has 3 aromatic rings. The Morgan fingerprint density at radius 3 is 2.09 bits per heavy atom. The lowest BCUT2D eigenvalue weighted by Gasteiger charge is -2.15. The third kappa shape index (κ3) is 4.48. The van der Waals surface area contributed by atoms with Crippen LogP contribution in [0.2, 0.25) is 10.0 Å². The van der Waals surface area contributed by atoms with Crippen LogP contribution < -0.4 is 15.5 Å². The quantitative estimate of drug-likeness (QED) is 0.455. The summed E-state index contributed by atoms with van der Waals surface area (Å²) in [6, 6.07) is 19.4. The highest BCUT2D eigenvalue weighted by atomic mass is 35.5. The zero-order valence-electron chi connectivity index (χ0n) is 16.2. The molecule has 1 heterocycles. The molecule has 0 spiro atoms. The number of amides is 3. The maximum Gasteiger partial charge on any atom is 0.283 e. The van der Waals surface area contributed by atoms with Crippen LogP contribution in [0.15, 0.2) is 83.5 Å². The summed E-state index contributed by atoms with van der Waals surface area (Å²) in [5, 5.41) is 6.37. The third-order valence-corrected chi connectivity index (χ3v) is 5.45. The number of hydrogen-bond acceptors (Lipinski definition) is 4. The van der Waals surface area contributed by atoms with E-state index in [9.17, 15) is 14.4 Å². The van der Waals surface area contributed by atoms with Crippen molar-refractivity contribution in [3.05, 3.63) is 99.1 Å². The highest BCUT2D eigenvalue weighted by Crippen LogP contribution is 2.30. The molecule has 0 saturated heterocycles. The molecule has 3 aromatic carbocycles. The van der Waals surface area contributed by atoms with Gasteiger partial charge in [-0.25, -0.2) is 4.90 Å². The highest BCUT2D eigenvalue weighted by Gasteiger charge is 2.38. The molecule has 0 fully saturated rings. The number of carbonyl (C=O) groups excluding carboxylic acids is 3. The number of benzene rings is 3. The van der Waals surface area contributed by atoms with E-state index in [2.05, 4.69) is 10.6 Å². The van der Waals surface area contributed by atoms with Crippen LogP contribution in [0.1, 0.15) is 10.4 Å². The first-order chi connectivity index (χ1) is 15.3. The summed E-state index contributed by atoms with van der Waals surface area (Å²) in [6.07, 6.45) is 0. The topological polar surface area (TPSA) is 78.5 Å². The molecule has 3 amide bonds. The first-order valence-electron chi connectivity index (χ1n) is 9.31. The van der Waals surface area contributed by atoms with E-state index in [-0.39, 0.29) is 16.6 Å². The predicted octanol–water partition coefficient (Wildman–Crippen LogP) is 5.68. The number of rotatable bonds is 5. The second-order valence-corrected chi connectivity index (χ2v) is 8.03. The molecule has 9 heteroatoms. The molecule has 0 radical (unpaired) electrons. The first kappa shape index (κ1) is 21.9. The number of nitrogens with one attached hydrogen (secondary N) is 2. The number of imide groups is 1. The Labute approximate surface area is 198 Å². The summed E-state index contributed by atoms with van der Waals surface area (Å²) < 4.78 is 0. The van der Waals surface area contributed by atoms with Gasteiger partial charge in [0, 0.05) is 27.0 Å². The minimum Gasteiger partial charge on any atom is -0.350 e. The van der Waals surface area contributed by atoms with Gasteiger partial charge in [0.2, 0.25) is 0 Å². The monoisotopic (exact) mass is 485 g/mol. The highest BCUT2D eigenvalue weighted by molar-refractivity contribution is 6.53. The molecule has 0 unspecified atom stereocenters. The average molecular weight is 487 g/mol. The van der Waals surface area contributed by atoms with Crippen molar-refractivity contribution >= 4 is 69.6 Å². The normalized spacial score (nSPS) is 13.5. The second-order valence-electron chi connectivity index (χ2n) is 6.78. The smallest absolute Gasteiger partial charge is 0.283 e. The van der Waals surface area contributed by atoms with Gasteiger partial charge in [-0.3, -0.25) is 14.4 Å². The summed E-state index contributed by atoms with van der Waals surface area (Å²) in [4.78, 5) is 38.7. The number of anilines is 3. The Hall–Kier alpha value is -3.32. The zero-order chi connectivity index (χ0) is 22.8. The lowest BCUT2D eigenvalue weighted by molar-refractivity contribution is -0.120. The van der Waals surface area contributed by atoms with Crippen LogP contribution in [0.4, 0.5) is 17.1 Å². The second kappa shape index (κ2) is 9.04. The Morgan fingerprint density at radius 2 is 1.44 bits per heavy atom. The van der Waals surface area contributed by atoms with E-state index < -0.39 is 11.8 Å². The Balaban J connectivity index is 1.48. The van der Waals surface area contributed by atoms with Crippen LogP contribution in [0.25, 0.3) is 0 Å². The van der Waals surface area contributed by atoms with Crippen LogP contribution in [-0.4, -0.2) is 17.7 Å². The van der Waals surface area contributed by atoms with Crippen LogP contribution in [0.5, 0.6) is 0 Å². The van der Waals surface area contributed by atoms with Gasteiger partial charge in [-0.15, -0.1) is 0 Å². The molecule has 4 rings (SSSR count). The summed E-state index contributed by atoms with van der Waals surface area (Å²) in [5.41, 5.74) is 1.75. The standard InChI is InChI=1S/C23H14Cl3N3O3/c24-14-6-10-18(11-7-14)29-22(31)19(26)20(23(29)32)27-16-8-4-13(5-9-16)21(30)28-17-3-1-2-15(25)12-17/h1-12,27H,(H,28,30). The summed E-state index contributed by atoms with van der Waals surface area (Å²) >= 11 is 17.9. The summed E-state index contributed by atoms with van der Waals surface area (Å²) in [6.45, 7) is 0. The molecule has 160 valence electrons.